The van der Waals surface area contributed by atoms with Crippen LogP contribution in [0.2, 0.25) is 0 Å². The summed E-state index contributed by atoms with van der Waals surface area (Å²) in [6.07, 6.45) is 4.23. The highest BCUT2D eigenvalue weighted by molar-refractivity contribution is 5.83. The molecule has 1 amide bonds. The number of hydrogen-bond acceptors (Lipinski definition) is 4. The molecule has 1 aromatic carbocycles. The highest BCUT2D eigenvalue weighted by atomic mass is 16.5. The predicted molar refractivity (Wildman–Crippen MR) is 87.0 cm³/mol. The molecule has 0 saturated heterocycles. The Kier molecular flexibility index (Phi) is 6.44. The first kappa shape index (κ1) is 17.3. The first-order valence-electron chi connectivity index (χ1n) is 8.18. The average molecular weight is 319 g/mol. The zero-order valence-corrected chi connectivity index (χ0v) is 13.8. The van der Waals surface area contributed by atoms with Crippen LogP contribution in [0, 0.1) is 5.92 Å². The van der Waals surface area contributed by atoms with Crippen molar-refractivity contribution in [2.24, 2.45) is 5.92 Å². The van der Waals surface area contributed by atoms with Crippen LogP contribution in [-0.4, -0.2) is 25.1 Å². The van der Waals surface area contributed by atoms with E-state index in [1.807, 2.05) is 24.3 Å². The van der Waals surface area contributed by atoms with Crippen molar-refractivity contribution >= 4 is 11.9 Å². The highest BCUT2D eigenvalue weighted by Crippen LogP contribution is 2.27. The second-order valence-corrected chi connectivity index (χ2v) is 6.05. The predicted octanol–water partition coefficient (Wildman–Crippen LogP) is 2.82. The molecule has 0 spiro atoms. The molecule has 126 valence electrons. The third-order valence-electron chi connectivity index (χ3n) is 4.23. The molecule has 2 rings (SSSR count). The smallest absolute Gasteiger partial charge is 0.306 e. The summed E-state index contributed by atoms with van der Waals surface area (Å²) >= 11 is 0. The summed E-state index contributed by atoms with van der Waals surface area (Å²) in [6.45, 7) is 2.00. The first-order chi connectivity index (χ1) is 11.1. The van der Waals surface area contributed by atoms with E-state index in [2.05, 4.69) is 5.32 Å². The summed E-state index contributed by atoms with van der Waals surface area (Å²) in [5.74, 6) is 0.649. The normalized spacial score (nSPS) is 15.9. The van der Waals surface area contributed by atoms with Gasteiger partial charge in [-0.3, -0.25) is 9.59 Å². The van der Waals surface area contributed by atoms with Crippen molar-refractivity contribution in [1.82, 2.24) is 5.32 Å². The Hall–Kier alpha value is -2.04. The molecule has 0 aliphatic heterocycles. The standard InChI is InChI=1S/C18H25NO4/c1-13(23-17(20)11-14-5-3-4-6-14)18(21)19-12-15-7-9-16(22-2)10-8-15/h7-10,13-14H,3-6,11-12H2,1-2H3,(H,19,21)/t13-/m0/s1. The Balaban J connectivity index is 1.72. The molecule has 1 saturated carbocycles. The van der Waals surface area contributed by atoms with Crippen LogP contribution < -0.4 is 10.1 Å². The lowest BCUT2D eigenvalue weighted by Crippen LogP contribution is -2.35. The highest BCUT2D eigenvalue weighted by Gasteiger charge is 2.22. The molecule has 0 radical (unpaired) electrons. The van der Waals surface area contributed by atoms with Gasteiger partial charge in [-0.25, -0.2) is 0 Å². The maximum absolute atomic E-state index is 12.0. The third-order valence-corrected chi connectivity index (χ3v) is 4.23. The van der Waals surface area contributed by atoms with Crippen molar-refractivity contribution in [3.8, 4) is 5.75 Å². The molecule has 1 aliphatic rings. The number of carbonyl (C=O) groups excluding carboxylic acids is 2. The number of rotatable bonds is 7. The average Bonchev–Trinajstić information content (AvgIpc) is 3.05. The van der Waals surface area contributed by atoms with Gasteiger partial charge in [0.1, 0.15) is 5.75 Å². The summed E-state index contributed by atoms with van der Waals surface area (Å²) in [4.78, 5) is 23.8. The Morgan fingerprint density at radius 1 is 1.22 bits per heavy atom. The largest absolute Gasteiger partial charge is 0.497 e. The lowest BCUT2D eigenvalue weighted by atomic mass is 10.0. The fourth-order valence-electron chi connectivity index (χ4n) is 2.83. The van der Waals surface area contributed by atoms with Gasteiger partial charge < -0.3 is 14.8 Å². The van der Waals surface area contributed by atoms with Gasteiger partial charge in [0, 0.05) is 13.0 Å². The zero-order chi connectivity index (χ0) is 16.7. The Bertz CT molecular complexity index is 520. The van der Waals surface area contributed by atoms with Crippen LogP contribution >= 0.6 is 0 Å². The maximum atomic E-state index is 12.0. The first-order valence-corrected chi connectivity index (χ1v) is 8.18. The van der Waals surface area contributed by atoms with Crippen molar-refractivity contribution in [3.63, 3.8) is 0 Å². The summed E-state index contributed by atoms with van der Waals surface area (Å²) in [5, 5.41) is 2.78. The van der Waals surface area contributed by atoms with Gasteiger partial charge in [0.15, 0.2) is 6.10 Å². The summed E-state index contributed by atoms with van der Waals surface area (Å²) < 4.78 is 10.3. The van der Waals surface area contributed by atoms with E-state index in [1.54, 1.807) is 14.0 Å². The Morgan fingerprint density at radius 2 is 1.87 bits per heavy atom. The fraction of sp³-hybridized carbons (Fsp3) is 0.556. The Labute approximate surface area is 137 Å². The van der Waals surface area contributed by atoms with Crippen LogP contribution in [0.25, 0.3) is 0 Å². The maximum Gasteiger partial charge on any atom is 0.306 e. The van der Waals surface area contributed by atoms with Crippen LogP contribution in [0.5, 0.6) is 5.75 Å². The summed E-state index contributed by atoms with van der Waals surface area (Å²) in [7, 11) is 1.61. The van der Waals surface area contributed by atoms with E-state index < -0.39 is 6.10 Å². The molecule has 23 heavy (non-hydrogen) atoms. The van der Waals surface area contributed by atoms with Gasteiger partial charge in [-0.2, -0.15) is 0 Å². The van der Waals surface area contributed by atoms with Crippen LogP contribution in [-0.2, 0) is 20.9 Å². The van der Waals surface area contributed by atoms with Gasteiger partial charge >= 0.3 is 5.97 Å². The SMILES string of the molecule is COc1ccc(CNC(=O)[C@H](C)OC(=O)CC2CCCC2)cc1. The van der Waals surface area contributed by atoms with Gasteiger partial charge in [0.25, 0.3) is 5.91 Å². The molecule has 5 nitrogen and oxygen atoms in total. The van der Waals surface area contributed by atoms with Crippen LogP contribution in [0.3, 0.4) is 0 Å². The molecule has 1 aromatic rings. The van der Waals surface area contributed by atoms with Gasteiger partial charge in [0.2, 0.25) is 0 Å². The van der Waals surface area contributed by atoms with E-state index in [0.29, 0.717) is 18.9 Å². The number of amides is 1. The van der Waals surface area contributed by atoms with Gasteiger partial charge in [-0.1, -0.05) is 25.0 Å². The summed E-state index contributed by atoms with van der Waals surface area (Å²) in [6, 6.07) is 7.45. The molecular formula is C18H25NO4. The molecule has 1 atom stereocenters. The van der Waals surface area contributed by atoms with Crippen molar-refractivity contribution in [2.75, 3.05) is 7.11 Å². The Morgan fingerprint density at radius 3 is 2.48 bits per heavy atom. The van der Waals surface area contributed by atoms with E-state index in [9.17, 15) is 9.59 Å². The lowest BCUT2D eigenvalue weighted by Gasteiger charge is -2.15. The van der Waals surface area contributed by atoms with Crippen molar-refractivity contribution < 1.29 is 19.1 Å². The zero-order valence-electron chi connectivity index (χ0n) is 13.8. The number of methoxy groups -OCH3 is 1. The van der Waals surface area contributed by atoms with Crippen molar-refractivity contribution in [2.45, 2.75) is 51.7 Å². The quantitative estimate of drug-likeness (QED) is 0.785. The van der Waals surface area contributed by atoms with Crippen LogP contribution in [0.1, 0.15) is 44.6 Å². The van der Waals surface area contributed by atoms with E-state index in [-0.39, 0.29) is 11.9 Å². The molecule has 1 aliphatic carbocycles. The fourth-order valence-corrected chi connectivity index (χ4v) is 2.83. The second kappa shape index (κ2) is 8.56. The number of benzene rings is 1. The number of ether oxygens (including phenoxy) is 2. The van der Waals surface area contributed by atoms with Crippen molar-refractivity contribution in [1.29, 1.82) is 0 Å². The third kappa shape index (κ3) is 5.58. The number of carbonyl (C=O) groups is 2. The van der Waals surface area contributed by atoms with E-state index >= 15 is 0 Å². The molecule has 0 unspecified atom stereocenters. The van der Waals surface area contributed by atoms with Gasteiger partial charge in [-0.15, -0.1) is 0 Å². The molecular weight excluding hydrogens is 294 g/mol. The van der Waals surface area contributed by atoms with Gasteiger partial charge in [0.05, 0.1) is 7.11 Å². The summed E-state index contributed by atoms with van der Waals surface area (Å²) in [5.41, 5.74) is 0.962. The van der Waals surface area contributed by atoms with Gasteiger partial charge in [-0.05, 0) is 43.4 Å². The number of hydrogen-bond donors (Lipinski definition) is 1. The minimum Gasteiger partial charge on any atom is -0.497 e. The molecule has 0 bridgehead atoms. The number of esters is 1. The van der Waals surface area contributed by atoms with Crippen LogP contribution in [0.15, 0.2) is 24.3 Å². The topological polar surface area (TPSA) is 64.6 Å². The molecule has 1 N–H and O–H groups in total. The van der Waals surface area contributed by atoms with Crippen LogP contribution in [0.4, 0.5) is 0 Å². The van der Waals surface area contributed by atoms with E-state index in [4.69, 9.17) is 9.47 Å². The molecule has 0 aromatic heterocycles. The molecule has 5 heteroatoms. The van der Waals surface area contributed by atoms with Crippen molar-refractivity contribution in [3.05, 3.63) is 29.8 Å². The second-order valence-electron chi connectivity index (χ2n) is 6.05. The minimum atomic E-state index is -0.762. The molecule has 1 fully saturated rings. The lowest BCUT2D eigenvalue weighted by molar-refractivity contribution is -0.155. The monoisotopic (exact) mass is 319 g/mol. The number of nitrogens with one attached hydrogen (secondary N) is 1. The minimum absolute atomic E-state index is 0.274. The van der Waals surface area contributed by atoms with E-state index in [0.717, 1.165) is 24.2 Å². The molecule has 0 heterocycles. The van der Waals surface area contributed by atoms with E-state index in [1.165, 1.54) is 12.8 Å².